The fraction of sp³-hybridized carbons (Fsp3) is 0.571. The molecule has 2 unspecified atom stereocenters. The Morgan fingerprint density at radius 3 is 2.43 bits per heavy atom. The van der Waals surface area contributed by atoms with Crippen molar-refractivity contribution in [3.8, 4) is 0 Å². The van der Waals surface area contributed by atoms with Gasteiger partial charge in [0.05, 0.1) is 17.9 Å². The van der Waals surface area contributed by atoms with Gasteiger partial charge in [0.15, 0.2) is 0 Å². The molecule has 3 fully saturated rings. The van der Waals surface area contributed by atoms with E-state index in [4.69, 9.17) is 4.74 Å². The van der Waals surface area contributed by atoms with Crippen LogP contribution in [0.5, 0.6) is 0 Å². The van der Waals surface area contributed by atoms with E-state index in [0.717, 1.165) is 0 Å². The molecule has 0 aromatic heterocycles. The fourth-order valence-corrected chi connectivity index (χ4v) is 4.71. The number of carbonyl (C=O) groups excluding carboxylic acids is 3. The zero-order valence-corrected chi connectivity index (χ0v) is 17.2. The Balaban J connectivity index is 1.37. The van der Waals surface area contributed by atoms with Crippen molar-refractivity contribution >= 4 is 29.2 Å². The van der Waals surface area contributed by atoms with Crippen LogP contribution in [0, 0.1) is 11.7 Å². The largest absolute Gasteiger partial charge is 0.372 e. The van der Waals surface area contributed by atoms with Crippen LogP contribution in [-0.4, -0.2) is 48.7 Å². The van der Waals surface area contributed by atoms with E-state index in [9.17, 15) is 18.8 Å². The quantitative estimate of drug-likeness (QED) is 0.653. The minimum Gasteiger partial charge on any atom is -0.372 e. The number of hydrogen-bond donors (Lipinski definition) is 3. The average Bonchev–Trinajstić information content (AvgIpc) is 2.94. The Bertz CT molecular complexity index is 859. The number of carbonyl (C=O) groups is 3. The van der Waals surface area contributed by atoms with Gasteiger partial charge in [-0.1, -0.05) is 0 Å². The number of rotatable bonds is 3. The number of imide groups is 1. The topological polar surface area (TPSA) is 99.8 Å². The molecule has 4 amide bonds. The van der Waals surface area contributed by atoms with Crippen LogP contribution in [0.3, 0.4) is 0 Å². The third kappa shape index (κ3) is 3.98. The lowest BCUT2D eigenvalue weighted by Gasteiger charge is -2.37. The van der Waals surface area contributed by atoms with Gasteiger partial charge in [-0.3, -0.25) is 14.9 Å². The highest BCUT2D eigenvalue weighted by molar-refractivity contribution is 6.07. The first-order valence-corrected chi connectivity index (χ1v) is 10.4. The SMILES string of the molecule is CC1CN(c2ccc(NC(=O)C3CCC4(CC3)NC(=O)NC4=O)cc2F)CC(C)O1. The van der Waals surface area contributed by atoms with E-state index in [1.807, 2.05) is 18.7 Å². The van der Waals surface area contributed by atoms with Crippen LogP contribution >= 0.6 is 0 Å². The fourth-order valence-electron chi connectivity index (χ4n) is 4.71. The van der Waals surface area contributed by atoms with E-state index in [-0.39, 0.29) is 35.8 Å². The Labute approximate surface area is 174 Å². The smallest absolute Gasteiger partial charge is 0.322 e. The van der Waals surface area contributed by atoms with E-state index in [1.54, 1.807) is 12.1 Å². The van der Waals surface area contributed by atoms with Crippen molar-refractivity contribution in [1.29, 1.82) is 0 Å². The summed E-state index contributed by atoms with van der Waals surface area (Å²) >= 11 is 0. The highest BCUT2D eigenvalue weighted by atomic mass is 19.1. The summed E-state index contributed by atoms with van der Waals surface area (Å²) in [6, 6.07) is 4.25. The van der Waals surface area contributed by atoms with Crippen molar-refractivity contribution in [2.45, 2.75) is 57.3 Å². The highest BCUT2D eigenvalue weighted by Crippen LogP contribution is 2.35. The third-order valence-electron chi connectivity index (χ3n) is 6.20. The number of nitrogens with one attached hydrogen (secondary N) is 3. The predicted molar refractivity (Wildman–Crippen MR) is 109 cm³/mol. The second-order valence-electron chi connectivity index (χ2n) is 8.58. The predicted octanol–water partition coefficient (Wildman–Crippen LogP) is 2.15. The number of urea groups is 1. The van der Waals surface area contributed by atoms with E-state index >= 15 is 0 Å². The molecule has 0 bridgehead atoms. The van der Waals surface area contributed by atoms with Gasteiger partial charge in [-0.25, -0.2) is 9.18 Å². The van der Waals surface area contributed by atoms with Crippen molar-refractivity contribution in [2.24, 2.45) is 5.92 Å². The highest BCUT2D eigenvalue weighted by Gasteiger charge is 2.48. The summed E-state index contributed by atoms with van der Waals surface area (Å²) in [6.07, 6.45) is 1.81. The lowest BCUT2D eigenvalue weighted by Crippen LogP contribution is -2.50. The van der Waals surface area contributed by atoms with E-state index in [2.05, 4.69) is 16.0 Å². The molecule has 2 aliphatic heterocycles. The van der Waals surface area contributed by atoms with Gasteiger partial charge < -0.3 is 20.3 Å². The zero-order chi connectivity index (χ0) is 21.5. The molecule has 30 heavy (non-hydrogen) atoms. The zero-order valence-electron chi connectivity index (χ0n) is 17.2. The van der Waals surface area contributed by atoms with Crippen molar-refractivity contribution in [1.82, 2.24) is 10.6 Å². The Hall–Kier alpha value is -2.68. The minimum absolute atomic E-state index is 0.0221. The molecule has 8 nitrogen and oxygen atoms in total. The molecule has 2 heterocycles. The number of ether oxygens (including phenoxy) is 1. The first-order valence-electron chi connectivity index (χ1n) is 10.4. The molecule has 0 radical (unpaired) electrons. The lowest BCUT2D eigenvalue weighted by atomic mass is 9.76. The third-order valence-corrected chi connectivity index (χ3v) is 6.20. The van der Waals surface area contributed by atoms with Crippen LogP contribution in [0.4, 0.5) is 20.6 Å². The summed E-state index contributed by atoms with van der Waals surface area (Å²) in [5, 5.41) is 7.74. The van der Waals surface area contributed by atoms with Crippen molar-refractivity contribution < 1.29 is 23.5 Å². The average molecular weight is 418 g/mol. The second kappa shape index (κ2) is 7.86. The van der Waals surface area contributed by atoms with Crippen molar-refractivity contribution in [3.63, 3.8) is 0 Å². The maximum Gasteiger partial charge on any atom is 0.322 e. The molecule has 2 saturated heterocycles. The van der Waals surface area contributed by atoms with Gasteiger partial charge in [-0.15, -0.1) is 0 Å². The molecule has 1 aliphatic carbocycles. The number of nitrogens with zero attached hydrogens (tertiary/aromatic N) is 1. The summed E-state index contributed by atoms with van der Waals surface area (Å²) in [6.45, 7) is 5.15. The van der Waals surface area contributed by atoms with Gasteiger partial charge in [0, 0.05) is 24.7 Å². The Morgan fingerprint density at radius 1 is 1.20 bits per heavy atom. The molecular formula is C21H27FN4O4. The Morgan fingerprint density at radius 2 is 1.87 bits per heavy atom. The van der Waals surface area contributed by atoms with Crippen LogP contribution in [0.1, 0.15) is 39.5 Å². The maximum atomic E-state index is 14.7. The van der Waals surface area contributed by atoms with Gasteiger partial charge in [-0.05, 0) is 57.7 Å². The Kier molecular flexibility index (Phi) is 5.40. The molecule has 4 rings (SSSR count). The number of amides is 4. The molecule has 3 N–H and O–H groups in total. The van der Waals surface area contributed by atoms with Crippen LogP contribution in [0.25, 0.3) is 0 Å². The van der Waals surface area contributed by atoms with Gasteiger partial charge in [0.25, 0.3) is 5.91 Å². The molecule has 9 heteroatoms. The normalized spacial score (nSPS) is 31.4. The van der Waals surface area contributed by atoms with Gasteiger partial charge >= 0.3 is 6.03 Å². The van der Waals surface area contributed by atoms with Gasteiger partial charge in [0.2, 0.25) is 5.91 Å². The van der Waals surface area contributed by atoms with Crippen LogP contribution < -0.4 is 20.9 Å². The maximum absolute atomic E-state index is 14.7. The van der Waals surface area contributed by atoms with Gasteiger partial charge in [0.1, 0.15) is 11.4 Å². The van der Waals surface area contributed by atoms with E-state index in [0.29, 0.717) is 50.1 Å². The van der Waals surface area contributed by atoms with E-state index < -0.39 is 11.6 Å². The number of morpholine rings is 1. The van der Waals surface area contributed by atoms with Crippen LogP contribution in [0.2, 0.25) is 0 Å². The van der Waals surface area contributed by atoms with Gasteiger partial charge in [-0.2, -0.15) is 0 Å². The first-order chi connectivity index (χ1) is 14.3. The number of anilines is 2. The molecule has 1 aromatic carbocycles. The molecule has 3 aliphatic rings. The molecule has 1 aromatic rings. The van der Waals surface area contributed by atoms with Crippen molar-refractivity contribution in [2.75, 3.05) is 23.3 Å². The molecular weight excluding hydrogens is 391 g/mol. The lowest BCUT2D eigenvalue weighted by molar-refractivity contribution is -0.128. The number of hydrogen-bond acceptors (Lipinski definition) is 5. The number of benzene rings is 1. The van der Waals surface area contributed by atoms with E-state index in [1.165, 1.54) is 6.07 Å². The van der Waals surface area contributed by atoms with Crippen molar-refractivity contribution in [3.05, 3.63) is 24.0 Å². The van der Waals surface area contributed by atoms with Crippen LogP contribution in [0.15, 0.2) is 18.2 Å². The summed E-state index contributed by atoms with van der Waals surface area (Å²) in [7, 11) is 0. The molecule has 162 valence electrons. The summed E-state index contributed by atoms with van der Waals surface area (Å²) in [5.41, 5.74) is 0.00836. The molecule has 1 spiro atoms. The first kappa shape index (κ1) is 20.6. The summed E-state index contributed by atoms with van der Waals surface area (Å²) in [5.74, 6) is -1.20. The van der Waals surface area contributed by atoms with Crippen LogP contribution in [-0.2, 0) is 14.3 Å². The second-order valence-corrected chi connectivity index (χ2v) is 8.58. The monoisotopic (exact) mass is 418 g/mol. The molecule has 2 atom stereocenters. The minimum atomic E-state index is -0.895. The standard InChI is InChI=1S/C21H27FN4O4/c1-12-10-26(11-13(2)30-12)17-4-3-15(9-16(17)22)23-18(27)14-5-7-21(8-6-14)19(28)24-20(29)25-21/h3-4,9,12-14H,5-8,10-11H2,1-2H3,(H,23,27)(H2,24,25,28,29). The summed E-state index contributed by atoms with van der Waals surface area (Å²) < 4.78 is 20.4. The summed E-state index contributed by atoms with van der Waals surface area (Å²) in [4.78, 5) is 38.1. The molecule has 1 saturated carbocycles. The number of halogens is 1.